The minimum Gasteiger partial charge on any atom is -0.497 e. The molecule has 0 unspecified atom stereocenters. The van der Waals surface area contributed by atoms with Gasteiger partial charge in [0.15, 0.2) is 0 Å². The summed E-state index contributed by atoms with van der Waals surface area (Å²) in [7, 11) is 1.56. The lowest BCUT2D eigenvalue weighted by Crippen LogP contribution is -2.27. The number of alkyl halides is 3. The molecule has 1 amide bonds. The van der Waals surface area contributed by atoms with Gasteiger partial charge in [-0.1, -0.05) is 18.2 Å². The molecule has 0 radical (unpaired) electrons. The van der Waals surface area contributed by atoms with E-state index in [9.17, 15) is 22.8 Å². The molecule has 10 heteroatoms. The quantitative estimate of drug-likeness (QED) is 0.466. The molecule has 0 aliphatic rings. The first-order valence-electron chi connectivity index (χ1n) is 9.34. The van der Waals surface area contributed by atoms with Crippen molar-refractivity contribution in [3.63, 3.8) is 0 Å². The number of aromatic nitrogens is 2. The number of rotatable bonds is 5. The third-order valence-electron chi connectivity index (χ3n) is 4.75. The van der Waals surface area contributed by atoms with Crippen LogP contribution in [-0.2, 0) is 17.5 Å². The van der Waals surface area contributed by atoms with E-state index in [-0.39, 0.29) is 5.69 Å². The number of methoxy groups -OCH3 is 1. The Kier molecular flexibility index (Phi) is 5.70. The van der Waals surface area contributed by atoms with E-state index >= 15 is 0 Å². The fraction of sp³-hybridized carbons (Fsp3) is 0.136. The van der Waals surface area contributed by atoms with E-state index in [1.54, 1.807) is 19.2 Å². The molecule has 4 rings (SSSR count). The van der Waals surface area contributed by atoms with Crippen molar-refractivity contribution in [2.45, 2.75) is 12.7 Å². The zero-order chi connectivity index (χ0) is 22.9. The number of fused-ring (bicyclic) bond motifs is 1. The maximum Gasteiger partial charge on any atom is 0.416 e. The second-order valence-electron chi connectivity index (χ2n) is 6.86. The van der Waals surface area contributed by atoms with E-state index in [0.717, 1.165) is 22.3 Å². The number of carbonyl (C=O) groups is 1. The van der Waals surface area contributed by atoms with Crippen LogP contribution < -0.4 is 15.6 Å². The van der Waals surface area contributed by atoms with E-state index < -0.39 is 29.8 Å². The topological polar surface area (TPSA) is 73.2 Å². The maximum absolute atomic E-state index is 13.1. The number of benzene rings is 2. The molecule has 0 saturated heterocycles. The van der Waals surface area contributed by atoms with Crippen molar-refractivity contribution in [1.29, 1.82) is 0 Å². The van der Waals surface area contributed by atoms with Gasteiger partial charge in [0.1, 0.15) is 17.1 Å². The van der Waals surface area contributed by atoms with Gasteiger partial charge in [-0.05, 0) is 35.9 Å². The van der Waals surface area contributed by atoms with Gasteiger partial charge < -0.3 is 10.1 Å². The number of nitrogens with zero attached hydrogens (tertiary/aromatic N) is 2. The molecular formula is C22H16F3N3O3S. The molecule has 0 fully saturated rings. The summed E-state index contributed by atoms with van der Waals surface area (Å²) in [5.74, 6) is 0.0314. The fourth-order valence-corrected chi connectivity index (χ4v) is 4.10. The molecule has 0 aliphatic carbocycles. The number of hydrogen-bond acceptors (Lipinski definition) is 5. The van der Waals surface area contributed by atoms with Crippen LogP contribution in [0.5, 0.6) is 5.75 Å². The third kappa shape index (κ3) is 4.35. The maximum atomic E-state index is 13.1. The molecule has 0 spiro atoms. The number of amides is 1. The first kappa shape index (κ1) is 21.6. The molecule has 2 heterocycles. The van der Waals surface area contributed by atoms with Crippen LogP contribution in [0.4, 0.5) is 18.9 Å². The van der Waals surface area contributed by atoms with Crippen molar-refractivity contribution in [1.82, 2.24) is 9.55 Å². The zero-order valence-electron chi connectivity index (χ0n) is 16.6. The molecule has 0 aliphatic heterocycles. The Morgan fingerprint density at radius 3 is 2.62 bits per heavy atom. The molecule has 1 N–H and O–H groups in total. The van der Waals surface area contributed by atoms with Crippen LogP contribution in [0.3, 0.4) is 0 Å². The number of halogens is 3. The second-order valence-corrected chi connectivity index (χ2v) is 7.72. The summed E-state index contributed by atoms with van der Waals surface area (Å²) in [6, 6.07) is 11.5. The number of thiophene rings is 1. The molecule has 6 nitrogen and oxygen atoms in total. The van der Waals surface area contributed by atoms with E-state index in [1.807, 2.05) is 17.5 Å². The van der Waals surface area contributed by atoms with Gasteiger partial charge in [-0.2, -0.15) is 13.2 Å². The Morgan fingerprint density at radius 2 is 1.94 bits per heavy atom. The van der Waals surface area contributed by atoms with E-state index in [1.165, 1.54) is 29.8 Å². The molecular weight excluding hydrogens is 443 g/mol. The SMILES string of the molecule is COc1ccc(-c2csc3ncn(CC(=O)Nc4cccc(C(F)(F)F)c4)c(=O)c23)cc1. The number of carbonyl (C=O) groups excluding carboxylic acids is 1. The summed E-state index contributed by atoms with van der Waals surface area (Å²) in [6.45, 7) is -0.393. The summed E-state index contributed by atoms with van der Waals surface area (Å²) in [5.41, 5.74) is 0.167. The molecule has 164 valence electrons. The average molecular weight is 459 g/mol. The van der Waals surface area contributed by atoms with Crippen LogP contribution in [0.25, 0.3) is 21.3 Å². The smallest absolute Gasteiger partial charge is 0.416 e. The molecule has 0 atom stereocenters. The van der Waals surface area contributed by atoms with E-state index in [4.69, 9.17) is 4.74 Å². The predicted octanol–water partition coefficient (Wildman–Crippen LogP) is 4.79. The van der Waals surface area contributed by atoms with E-state index in [0.29, 0.717) is 21.5 Å². The Bertz CT molecular complexity index is 1340. The first-order valence-corrected chi connectivity index (χ1v) is 10.2. The van der Waals surface area contributed by atoms with Crippen LogP contribution in [0.2, 0.25) is 0 Å². The monoisotopic (exact) mass is 459 g/mol. The summed E-state index contributed by atoms with van der Waals surface area (Å²) in [5, 5.41) is 4.58. The van der Waals surface area contributed by atoms with Crippen LogP contribution >= 0.6 is 11.3 Å². The highest BCUT2D eigenvalue weighted by molar-refractivity contribution is 7.17. The van der Waals surface area contributed by atoms with Crippen LogP contribution in [0.1, 0.15) is 5.56 Å². The number of hydrogen-bond donors (Lipinski definition) is 1. The Balaban J connectivity index is 1.60. The van der Waals surface area contributed by atoms with Gasteiger partial charge in [0, 0.05) is 16.6 Å². The van der Waals surface area contributed by atoms with Crippen molar-refractivity contribution in [3.8, 4) is 16.9 Å². The van der Waals surface area contributed by atoms with Crippen LogP contribution in [0.15, 0.2) is 65.0 Å². The van der Waals surface area contributed by atoms with Gasteiger partial charge in [-0.15, -0.1) is 11.3 Å². The lowest BCUT2D eigenvalue weighted by atomic mass is 10.1. The summed E-state index contributed by atoms with van der Waals surface area (Å²) in [4.78, 5) is 30.2. The largest absolute Gasteiger partial charge is 0.497 e. The molecule has 2 aromatic heterocycles. The highest BCUT2D eigenvalue weighted by Gasteiger charge is 2.30. The predicted molar refractivity (Wildman–Crippen MR) is 116 cm³/mol. The fourth-order valence-electron chi connectivity index (χ4n) is 3.19. The Morgan fingerprint density at radius 1 is 1.19 bits per heavy atom. The molecule has 0 saturated carbocycles. The van der Waals surface area contributed by atoms with Crippen molar-refractivity contribution >= 4 is 33.1 Å². The van der Waals surface area contributed by atoms with Crippen molar-refractivity contribution in [2.24, 2.45) is 0 Å². The number of anilines is 1. The summed E-state index contributed by atoms with van der Waals surface area (Å²) >= 11 is 1.30. The highest BCUT2D eigenvalue weighted by Crippen LogP contribution is 2.32. The Hall–Kier alpha value is -3.66. The van der Waals surface area contributed by atoms with Gasteiger partial charge in [0.25, 0.3) is 5.56 Å². The first-order chi connectivity index (χ1) is 15.3. The van der Waals surface area contributed by atoms with Crippen molar-refractivity contribution < 1.29 is 22.7 Å². The third-order valence-corrected chi connectivity index (χ3v) is 5.64. The number of nitrogens with one attached hydrogen (secondary N) is 1. The second kappa shape index (κ2) is 8.46. The molecule has 2 aromatic carbocycles. The minimum atomic E-state index is -4.52. The van der Waals surface area contributed by atoms with Gasteiger partial charge >= 0.3 is 6.18 Å². The highest BCUT2D eigenvalue weighted by atomic mass is 32.1. The Labute approximate surface area is 183 Å². The molecule has 0 bridgehead atoms. The van der Waals surface area contributed by atoms with Gasteiger partial charge in [0.2, 0.25) is 5.91 Å². The van der Waals surface area contributed by atoms with Gasteiger partial charge in [-0.3, -0.25) is 14.2 Å². The zero-order valence-corrected chi connectivity index (χ0v) is 17.5. The molecule has 32 heavy (non-hydrogen) atoms. The standard InChI is InChI=1S/C22H16F3N3O3S/c1-31-16-7-5-13(6-8-16)17-11-32-20-19(17)21(30)28(12-26-20)10-18(29)27-15-4-2-3-14(9-15)22(23,24)25/h2-9,11-12H,10H2,1H3,(H,27,29). The average Bonchev–Trinajstić information content (AvgIpc) is 3.20. The normalized spacial score (nSPS) is 11.5. The van der Waals surface area contributed by atoms with Crippen molar-refractivity contribution in [2.75, 3.05) is 12.4 Å². The minimum absolute atomic E-state index is 0.0126. The summed E-state index contributed by atoms with van der Waals surface area (Å²) < 4.78 is 44.9. The van der Waals surface area contributed by atoms with Gasteiger partial charge in [-0.25, -0.2) is 4.98 Å². The number of ether oxygens (including phenoxy) is 1. The van der Waals surface area contributed by atoms with Crippen LogP contribution in [0, 0.1) is 0 Å². The lowest BCUT2D eigenvalue weighted by Gasteiger charge is -2.11. The van der Waals surface area contributed by atoms with Gasteiger partial charge in [0.05, 0.1) is 24.4 Å². The molecule has 4 aromatic rings. The van der Waals surface area contributed by atoms with Crippen molar-refractivity contribution in [3.05, 3.63) is 76.2 Å². The van der Waals surface area contributed by atoms with Crippen LogP contribution in [-0.4, -0.2) is 22.6 Å². The lowest BCUT2D eigenvalue weighted by molar-refractivity contribution is -0.137. The van der Waals surface area contributed by atoms with E-state index in [2.05, 4.69) is 10.3 Å². The summed E-state index contributed by atoms with van der Waals surface area (Å²) in [6.07, 6.45) is -3.27.